The van der Waals surface area contributed by atoms with Gasteiger partial charge in [-0.2, -0.15) is 0 Å². The molecular weight excluding hydrogens is 617 g/mol. The number of anilines is 4. The lowest BCUT2D eigenvalue weighted by molar-refractivity contribution is -0.403. The van der Waals surface area contributed by atoms with Gasteiger partial charge in [-0.1, -0.05) is 59.1 Å². The summed E-state index contributed by atoms with van der Waals surface area (Å²) in [6.45, 7) is 4.08. The molecule has 2 aromatic carbocycles. The van der Waals surface area contributed by atoms with E-state index in [4.69, 9.17) is 55.1 Å². The Morgan fingerprint density at radius 1 is 0.659 bits per heavy atom. The maximum absolute atomic E-state index is 8.25. The fraction of sp³-hybridized carbons (Fsp3) is 0.0909. The van der Waals surface area contributed by atoms with Gasteiger partial charge in [0.05, 0.1) is 10.2 Å². The molecule has 0 aliphatic carbocycles. The van der Waals surface area contributed by atoms with Crippen molar-refractivity contribution in [3.05, 3.63) is 113 Å². The zero-order valence-corrected chi connectivity index (χ0v) is 24.7. The van der Waals surface area contributed by atoms with E-state index in [0.29, 0.717) is 10.2 Å². The number of H-pyrrole nitrogens is 2. The quantitative estimate of drug-likeness (QED) is 0.140. The Morgan fingerprint density at radius 2 is 0.951 bits per heavy atom. The summed E-state index contributed by atoms with van der Waals surface area (Å²) in [6.07, 6.45) is 3.89. The number of thiazole rings is 2. The molecule has 0 atom stereocenters. The Balaban J connectivity index is 0.000000609. The molecule has 0 amide bonds. The third kappa shape index (κ3) is 19.2. The number of nitrogens with zero attached hydrogens (tertiary/aromatic N) is 2. The van der Waals surface area contributed by atoms with Gasteiger partial charge >= 0.3 is 10.3 Å². The van der Waals surface area contributed by atoms with Crippen LogP contribution in [0.25, 0.3) is 0 Å². The minimum absolute atomic E-state index is 0. The molecule has 0 unspecified atom stereocenters. The van der Waals surface area contributed by atoms with Crippen molar-refractivity contribution < 1.29 is 25.6 Å². The van der Waals surface area contributed by atoms with Gasteiger partial charge in [0.1, 0.15) is 12.4 Å². The molecular formula is C22H26N8O7S4. The third-order valence-electron chi connectivity index (χ3n) is 3.86. The van der Waals surface area contributed by atoms with Crippen LogP contribution in [0.1, 0.15) is 9.75 Å². The van der Waals surface area contributed by atoms with Crippen LogP contribution in [-0.2, 0) is 0 Å². The van der Waals surface area contributed by atoms with Gasteiger partial charge < -0.3 is 46.8 Å². The molecule has 19 heteroatoms. The van der Waals surface area contributed by atoms with E-state index in [-0.39, 0.29) is 5.48 Å². The Bertz CT molecular complexity index is 1250. The lowest BCUT2D eigenvalue weighted by Crippen LogP contribution is -2.21. The van der Waals surface area contributed by atoms with Crippen molar-refractivity contribution in [2.24, 2.45) is 0 Å². The van der Waals surface area contributed by atoms with E-state index < -0.39 is 10.2 Å². The van der Waals surface area contributed by atoms with E-state index in [9.17, 15) is 0 Å². The highest BCUT2D eigenvalue weighted by atomic mass is 32.1. The summed E-state index contributed by atoms with van der Waals surface area (Å²) in [4.78, 5) is 25.1. The Morgan fingerprint density at radius 3 is 1.20 bits per heavy atom. The minimum atomic E-state index is -1.75. The van der Waals surface area contributed by atoms with E-state index in [1.54, 1.807) is 22.7 Å². The molecule has 0 spiro atoms. The van der Waals surface area contributed by atoms with Crippen LogP contribution in [-0.4, -0.2) is 25.9 Å². The predicted molar refractivity (Wildman–Crippen MR) is 168 cm³/mol. The number of hydrogen-bond acceptors (Lipinski definition) is 10. The molecule has 0 aliphatic heterocycles. The summed E-state index contributed by atoms with van der Waals surface area (Å²) in [6, 6.07) is 19.7. The molecule has 2 heterocycles. The molecule has 0 bridgehead atoms. The average molecular weight is 643 g/mol. The van der Waals surface area contributed by atoms with Crippen LogP contribution in [0.4, 0.5) is 21.6 Å². The number of aromatic nitrogens is 2. The fourth-order valence-corrected chi connectivity index (χ4v) is 4.46. The van der Waals surface area contributed by atoms with Gasteiger partial charge in [-0.05, 0) is 62.5 Å². The molecule has 0 saturated carbocycles. The van der Waals surface area contributed by atoms with Crippen molar-refractivity contribution >= 4 is 79.0 Å². The first-order valence-electron chi connectivity index (χ1n) is 10.8. The van der Waals surface area contributed by atoms with Crippen molar-refractivity contribution in [2.75, 3.05) is 21.3 Å². The van der Waals surface area contributed by atoms with Gasteiger partial charge in [0.15, 0.2) is 0 Å². The molecule has 220 valence electrons. The van der Waals surface area contributed by atoms with Crippen molar-refractivity contribution in [1.29, 1.82) is 0 Å². The number of benzene rings is 2. The summed E-state index contributed by atoms with van der Waals surface area (Å²) in [5.41, 5.74) is 1.96. The second kappa shape index (κ2) is 20.4. The van der Waals surface area contributed by atoms with Gasteiger partial charge in [0.2, 0.25) is 0 Å². The molecule has 0 saturated heterocycles. The van der Waals surface area contributed by atoms with Crippen molar-refractivity contribution in [3.63, 3.8) is 0 Å². The number of aryl methyl sites for hydroxylation is 2. The highest BCUT2D eigenvalue weighted by Gasteiger charge is 2.09. The largest absolute Gasteiger partial charge is 0.412 e. The van der Waals surface area contributed by atoms with Crippen LogP contribution in [0, 0.1) is 44.5 Å². The summed E-state index contributed by atoms with van der Waals surface area (Å²) in [5, 5.41) is 44.9. The molecule has 41 heavy (non-hydrogen) atoms. The molecule has 8 N–H and O–H groups in total. The zero-order chi connectivity index (χ0) is 29.9. The van der Waals surface area contributed by atoms with Gasteiger partial charge in [0.25, 0.3) is 10.2 Å². The molecule has 4 rings (SSSR count). The minimum Gasteiger partial charge on any atom is -0.412 e. The summed E-state index contributed by atoms with van der Waals surface area (Å²) in [7, 11) is 0. The Kier molecular flexibility index (Phi) is 18.1. The van der Waals surface area contributed by atoms with Gasteiger partial charge in [-0.15, -0.1) is 0 Å². The Hall–Kier alpha value is -4.56. The Labute approximate surface area is 252 Å². The second-order valence-electron chi connectivity index (χ2n) is 7.00. The fourth-order valence-electron chi connectivity index (χ4n) is 2.47. The third-order valence-corrected chi connectivity index (χ3v) is 5.99. The van der Waals surface area contributed by atoms with Crippen LogP contribution in [0.3, 0.4) is 0 Å². The van der Waals surface area contributed by atoms with Crippen LogP contribution in [0.5, 0.6) is 0 Å². The molecule has 4 aromatic rings. The first kappa shape index (κ1) is 36.4. The van der Waals surface area contributed by atoms with Crippen LogP contribution in [0.2, 0.25) is 0 Å². The standard InChI is InChI=1S/2C11H11N3S2.2NO3.H2O/c2*1-8-7-12-11(16-8)14-10(15)13-9-5-3-2-4-6-9;2*2-1(3)4;/h2*2-7H,1H3,(H2,12,13,14,15);;;1H2/q;;2*-1;/p+2. The monoisotopic (exact) mass is 642 g/mol. The summed E-state index contributed by atoms with van der Waals surface area (Å²) < 4.78 is 0. The average Bonchev–Trinajstić information content (AvgIpc) is 3.47. The van der Waals surface area contributed by atoms with Crippen molar-refractivity contribution in [1.82, 2.24) is 0 Å². The number of hydrogen-bond donors (Lipinski definition) is 4. The maximum Gasteiger partial charge on any atom is 0.338 e. The highest BCUT2D eigenvalue weighted by molar-refractivity contribution is 7.81. The van der Waals surface area contributed by atoms with Crippen molar-refractivity contribution in [3.8, 4) is 0 Å². The predicted octanol–water partition coefficient (Wildman–Crippen LogP) is 4.06. The smallest absolute Gasteiger partial charge is 0.338 e. The van der Waals surface area contributed by atoms with Crippen LogP contribution < -0.4 is 31.2 Å². The number of para-hydroxylation sites is 2. The number of nitrogens with one attached hydrogen (secondary N) is 6. The normalized spacial score (nSPS) is 8.83. The molecule has 15 nitrogen and oxygen atoms in total. The lowest BCUT2D eigenvalue weighted by atomic mass is 10.3. The van der Waals surface area contributed by atoms with Crippen LogP contribution >= 0.6 is 47.1 Å². The first-order valence-corrected chi connectivity index (χ1v) is 13.2. The lowest BCUT2D eigenvalue weighted by Gasteiger charge is -2.02. The number of thiocarbonyl (C=S) groups is 2. The topological polar surface area (TPSA) is 240 Å². The summed E-state index contributed by atoms with van der Waals surface area (Å²) in [5.74, 6) is 0. The van der Waals surface area contributed by atoms with E-state index in [0.717, 1.165) is 21.6 Å². The molecule has 2 aromatic heterocycles. The number of aromatic amines is 2. The highest BCUT2D eigenvalue weighted by Crippen LogP contribution is 2.14. The first-order chi connectivity index (χ1) is 18.9. The van der Waals surface area contributed by atoms with E-state index >= 15 is 0 Å². The van der Waals surface area contributed by atoms with Gasteiger partial charge in [-0.3, -0.25) is 0 Å². The summed E-state index contributed by atoms with van der Waals surface area (Å²) >= 11 is 13.6. The van der Waals surface area contributed by atoms with Gasteiger partial charge in [-0.25, -0.2) is 20.6 Å². The van der Waals surface area contributed by atoms with E-state index in [2.05, 4.69) is 31.2 Å². The molecule has 0 fully saturated rings. The number of rotatable bonds is 4. The maximum atomic E-state index is 8.25. The van der Waals surface area contributed by atoms with E-state index in [1.807, 2.05) is 86.9 Å². The van der Waals surface area contributed by atoms with Crippen LogP contribution in [0.15, 0.2) is 73.1 Å². The zero-order valence-electron chi connectivity index (χ0n) is 21.4. The second-order valence-corrected chi connectivity index (χ2v) is 10.3. The SMILES string of the molecule is Cc1c[nH+]c(NC(=S)Nc2ccccc2)s1.Cc1c[nH+]c(NC(=S)Nc2ccccc2)s1.O.O=[N+]([O-])[O-].O=[N+]([O-])[O-]. The molecule has 0 radical (unpaired) electrons. The molecule has 0 aliphatic rings. The van der Waals surface area contributed by atoms with E-state index in [1.165, 1.54) is 9.75 Å². The van der Waals surface area contributed by atoms with Gasteiger partial charge in [0, 0.05) is 21.1 Å². The van der Waals surface area contributed by atoms with Crippen molar-refractivity contribution in [2.45, 2.75) is 13.8 Å².